The van der Waals surface area contributed by atoms with Gasteiger partial charge in [0.1, 0.15) is 12.1 Å². The number of carbonyl (C=O) groups excluding carboxylic acids is 2. The van der Waals surface area contributed by atoms with Gasteiger partial charge in [-0.1, -0.05) is 19.9 Å². The number of likely N-dealkylation sites (tertiary alicyclic amines) is 1. The van der Waals surface area contributed by atoms with Crippen molar-refractivity contribution in [2.24, 2.45) is 5.92 Å². The summed E-state index contributed by atoms with van der Waals surface area (Å²) >= 11 is 0. The number of amides is 2. The number of aromatic nitrogens is 2. The average molecular weight is 694 g/mol. The minimum absolute atomic E-state index is 0.0894. The van der Waals surface area contributed by atoms with Crippen LogP contribution in [-0.4, -0.2) is 95.2 Å². The first-order chi connectivity index (χ1) is 23.6. The number of ether oxygens (including phenoxy) is 3. The first kappa shape index (κ1) is 36.9. The van der Waals surface area contributed by atoms with Crippen LogP contribution in [0.5, 0.6) is 11.5 Å². The molecule has 0 spiro atoms. The number of fused-ring (bicyclic) bond motifs is 3. The van der Waals surface area contributed by atoms with Crippen molar-refractivity contribution in [2.75, 3.05) is 27.5 Å². The van der Waals surface area contributed by atoms with Gasteiger partial charge in [0.2, 0.25) is 6.79 Å². The number of imidazole rings is 1. The lowest BCUT2D eigenvalue weighted by molar-refractivity contribution is -0.110. The van der Waals surface area contributed by atoms with E-state index >= 15 is 0 Å². The Morgan fingerprint density at radius 2 is 1.70 bits per heavy atom. The number of nitrogens with zero attached hydrogens (tertiary/aromatic N) is 3. The van der Waals surface area contributed by atoms with Crippen LogP contribution in [-0.2, 0) is 31.9 Å². The number of rotatable bonds is 5. The molecule has 4 aliphatic rings. The molecule has 3 N–H and O–H groups in total. The van der Waals surface area contributed by atoms with E-state index in [2.05, 4.69) is 72.9 Å². The largest absolute Gasteiger partial charge is 0.494 e. The minimum Gasteiger partial charge on any atom is -0.465 e. The topological polar surface area (TPSA) is 165 Å². The van der Waals surface area contributed by atoms with Gasteiger partial charge in [-0.2, -0.15) is 0 Å². The van der Waals surface area contributed by atoms with E-state index in [0.29, 0.717) is 36.9 Å². The van der Waals surface area contributed by atoms with Gasteiger partial charge in [0.05, 0.1) is 41.4 Å². The van der Waals surface area contributed by atoms with E-state index in [4.69, 9.17) is 28.9 Å². The fourth-order valence-electron chi connectivity index (χ4n) is 6.06. The monoisotopic (exact) mass is 693 g/mol. The zero-order valence-electron chi connectivity index (χ0n) is 30.1. The van der Waals surface area contributed by atoms with E-state index in [-0.39, 0.29) is 31.0 Å². The highest BCUT2D eigenvalue weighted by Crippen LogP contribution is 2.38. The number of carboxylic acid groups (broad SMARTS) is 1. The van der Waals surface area contributed by atoms with E-state index in [1.54, 1.807) is 0 Å². The van der Waals surface area contributed by atoms with Crippen molar-refractivity contribution in [3.8, 4) is 11.5 Å². The number of aldehydes is 1. The second kappa shape index (κ2) is 14.9. The maximum absolute atomic E-state index is 10.8. The van der Waals surface area contributed by atoms with Crippen LogP contribution >= 0.6 is 0 Å². The van der Waals surface area contributed by atoms with Gasteiger partial charge in [-0.05, 0) is 101 Å². The molecule has 0 bridgehead atoms. The normalized spacial score (nSPS) is 20.5. The SMILES string of the molecule is CN1CCCC1c1nc2ccc(B3OC(C)(C)C(C)(C)O3)cc2[nH]1.COC(=O)NC(C=O)C(C)C.O=C(O)N1Cc2cc3c(cc2C1)OCO3. The molecular weight excluding hydrogens is 645 g/mol. The van der Waals surface area contributed by atoms with Crippen LogP contribution < -0.4 is 20.3 Å². The van der Waals surface area contributed by atoms with Crippen LogP contribution in [0, 0.1) is 5.92 Å². The number of aromatic amines is 1. The second-order valence-corrected chi connectivity index (χ2v) is 14.3. The summed E-state index contributed by atoms with van der Waals surface area (Å²) in [4.78, 5) is 43.7. The Morgan fingerprint density at radius 1 is 1.08 bits per heavy atom. The molecule has 2 saturated heterocycles. The molecule has 3 aromatic rings. The minimum atomic E-state index is -0.895. The number of carbonyl (C=O) groups is 3. The van der Waals surface area contributed by atoms with Crippen LogP contribution in [0.1, 0.15) is 77.4 Å². The van der Waals surface area contributed by atoms with Gasteiger partial charge in [0, 0.05) is 13.1 Å². The number of alkyl carbamates (subject to hydrolysis) is 1. The summed E-state index contributed by atoms with van der Waals surface area (Å²) in [5, 5.41) is 11.2. The highest BCUT2D eigenvalue weighted by Gasteiger charge is 2.51. The van der Waals surface area contributed by atoms with Gasteiger partial charge >= 0.3 is 19.3 Å². The predicted molar refractivity (Wildman–Crippen MR) is 186 cm³/mol. The highest BCUT2D eigenvalue weighted by molar-refractivity contribution is 6.62. The zero-order chi connectivity index (χ0) is 36.4. The molecule has 2 aromatic carbocycles. The first-order valence-corrected chi connectivity index (χ1v) is 16.9. The number of hydrogen-bond acceptors (Lipinski definition) is 10. The fourth-order valence-corrected chi connectivity index (χ4v) is 6.06. The first-order valence-electron chi connectivity index (χ1n) is 16.9. The van der Waals surface area contributed by atoms with Gasteiger partial charge < -0.3 is 43.7 Å². The Labute approximate surface area is 292 Å². The van der Waals surface area contributed by atoms with E-state index < -0.39 is 18.2 Å². The van der Waals surface area contributed by atoms with Crippen molar-refractivity contribution in [1.82, 2.24) is 25.1 Å². The van der Waals surface area contributed by atoms with Crippen LogP contribution in [0.3, 0.4) is 0 Å². The van der Waals surface area contributed by atoms with Crippen LogP contribution in [0.4, 0.5) is 9.59 Å². The van der Waals surface area contributed by atoms with Crippen LogP contribution in [0.25, 0.3) is 11.0 Å². The predicted octanol–water partition coefficient (Wildman–Crippen LogP) is 4.60. The molecule has 7 rings (SSSR count). The molecule has 1 aromatic heterocycles. The lowest BCUT2D eigenvalue weighted by atomic mass is 9.79. The molecule has 2 unspecified atom stereocenters. The molecule has 2 atom stereocenters. The lowest BCUT2D eigenvalue weighted by Gasteiger charge is -2.32. The van der Waals surface area contributed by atoms with Gasteiger partial charge in [-0.15, -0.1) is 0 Å². The molecule has 0 radical (unpaired) electrons. The van der Waals surface area contributed by atoms with E-state index in [1.165, 1.54) is 24.9 Å². The number of methoxy groups -OCH3 is 1. The number of H-pyrrole nitrogens is 1. The van der Waals surface area contributed by atoms with Crippen molar-refractivity contribution < 1.29 is 43.0 Å². The molecule has 0 aliphatic carbocycles. The third-order valence-corrected chi connectivity index (χ3v) is 9.91. The highest BCUT2D eigenvalue weighted by atomic mass is 16.7. The van der Waals surface area contributed by atoms with Gasteiger partial charge in [-0.25, -0.2) is 14.6 Å². The van der Waals surface area contributed by atoms with Crippen molar-refractivity contribution in [3.63, 3.8) is 0 Å². The second-order valence-electron chi connectivity index (χ2n) is 14.3. The standard InChI is InChI=1S/C18H26BN3O2.C10H9NO4.C7H13NO3/c1-17(2)18(3,4)24-19(23-17)12-8-9-13-14(11-12)21-16(20-13)15-7-6-10-22(15)5;12-10(13)11-3-6-1-8-9(15-5-14-8)2-7(6)4-11;1-5(2)6(4-9)8-7(10)11-3/h8-9,11,15H,6-7,10H2,1-5H3,(H,20,21);1-2H,3-5H2,(H,12,13);4-6H,1-3H3,(H,8,10). The maximum Gasteiger partial charge on any atom is 0.494 e. The van der Waals surface area contributed by atoms with Gasteiger partial charge in [-0.3, -0.25) is 9.80 Å². The molecule has 14 nitrogen and oxygen atoms in total. The summed E-state index contributed by atoms with van der Waals surface area (Å²) in [7, 11) is 3.10. The molecule has 2 fully saturated rings. The van der Waals surface area contributed by atoms with Crippen molar-refractivity contribution in [2.45, 2.75) is 90.8 Å². The van der Waals surface area contributed by atoms with E-state index in [9.17, 15) is 14.4 Å². The molecule has 4 aliphatic heterocycles. The molecule has 270 valence electrons. The van der Waals surface area contributed by atoms with Crippen molar-refractivity contribution >= 4 is 42.1 Å². The Morgan fingerprint density at radius 3 is 2.20 bits per heavy atom. The van der Waals surface area contributed by atoms with Crippen molar-refractivity contribution in [1.29, 1.82) is 0 Å². The smallest absolute Gasteiger partial charge is 0.465 e. The summed E-state index contributed by atoms with van der Waals surface area (Å²) < 4.78 is 27.1. The summed E-state index contributed by atoms with van der Waals surface area (Å²) in [5.74, 6) is 2.57. The molecule has 0 saturated carbocycles. The average Bonchev–Trinajstić information content (AvgIpc) is 3.89. The number of benzene rings is 2. The number of nitrogens with one attached hydrogen (secondary N) is 2. The summed E-state index contributed by atoms with van der Waals surface area (Å²) in [6.07, 6.45) is 1.63. The molecular formula is C35H48BN5O9. The summed E-state index contributed by atoms with van der Waals surface area (Å²) in [6, 6.07) is 9.91. The lowest BCUT2D eigenvalue weighted by Crippen LogP contribution is -2.41. The van der Waals surface area contributed by atoms with Gasteiger partial charge in [0.15, 0.2) is 11.5 Å². The summed E-state index contributed by atoms with van der Waals surface area (Å²) in [5.41, 5.74) is 4.46. The maximum atomic E-state index is 10.8. The Bertz CT molecular complexity index is 1660. The molecule has 2 amide bonds. The van der Waals surface area contributed by atoms with E-state index in [1.807, 2.05) is 26.0 Å². The van der Waals surface area contributed by atoms with Crippen molar-refractivity contribution in [3.05, 3.63) is 47.3 Å². The molecule has 5 heterocycles. The van der Waals surface area contributed by atoms with Gasteiger partial charge in [0.25, 0.3) is 0 Å². The Kier molecular flexibility index (Phi) is 11.0. The molecule has 15 heteroatoms. The zero-order valence-corrected chi connectivity index (χ0v) is 30.1. The third-order valence-electron chi connectivity index (χ3n) is 9.91. The van der Waals surface area contributed by atoms with Crippen LogP contribution in [0.15, 0.2) is 30.3 Å². The number of hydrogen-bond donors (Lipinski definition) is 3. The molecule has 50 heavy (non-hydrogen) atoms. The Hall–Kier alpha value is -4.34. The third kappa shape index (κ3) is 8.00. The Balaban J connectivity index is 0.000000160. The van der Waals surface area contributed by atoms with Crippen LogP contribution in [0.2, 0.25) is 0 Å². The quantitative estimate of drug-likeness (QED) is 0.253. The summed E-state index contributed by atoms with van der Waals surface area (Å²) in [6.45, 7) is 14.3. The van der Waals surface area contributed by atoms with E-state index in [0.717, 1.165) is 40.0 Å². The fraction of sp³-hybridized carbons (Fsp3) is 0.543.